The second-order valence-electron chi connectivity index (χ2n) is 9.50. The zero-order valence-electron chi connectivity index (χ0n) is 17.6. The topological polar surface area (TPSA) is 0 Å². The predicted octanol–water partition coefficient (Wildman–Crippen LogP) is 7.83. The predicted molar refractivity (Wildman–Crippen MR) is 121 cm³/mol. The minimum absolute atomic E-state index is 0.188. The van der Waals surface area contributed by atoms with Crippen molar-refractivity contribution >= 4 is 17.7 Å². The molecule has 1 aliphatic carbocycles. The SMILES string of the molecule is Cc1ccc(/C=C/c2ccc3c(c2)C(/C=C\C(C)(C)C)=CCC3(C)C)cc1. The molecule has 0 nitrogen and oxygen atoms in total. The summed E-state index contributed by atoms with van der Waals surface area (Å²) in [5, 5.41) is 0. The summed E-state index contributed by atoms with van der Waals surface area (Å²) in [6, 6.07) is 15.6. The van der Waals surface area contributed by atoms with E-state index in [4.69, 9.17) is 0 Å². The molecule has 0 radical (unpaired) electrons. The van der Waals surface area contributed by atoms with E-state index in [0.717, 1.165) is 6.42 Å². The van der Waals surface area contributed by atoms with E-state index in [1.807, 2.05) is 0 Å². The molecule has 3 rings (SSSR count). The molecule has 0 bridgehead atoms. The van der Waals surface area contributed by atoms with Crippen molar-refractivity contribution in [2.45, 2.75) is 53.4 Å². The molecule has 0 saturated heterocycles. The van der Waals surface area contributed by atoms with E-state index in [2.05, 4.69) is 114 Å². The fraction of sp³-hybridized carbons (Fsp3) is 0.333. The molecule has 2 aromatic rings. The molecule has 0 N–H and O–H groups in total. The Balaban J connectivity index is 1.96. The molecule has 140 valence electrons. The van der Waals surface area contributed by atoms with Crippen molar-refractivity contribution in [3.63, 3.8) is 0 Å². The Morgan fingerprint density at radius 1 is 0.852 bits per heavy atom. The lowest BCUT2D eigenvalue weighted by molar-refractivity contribution is 0.527. The van der Waals surface area contributed by atoms with Crippen LogP contribution in [0.5, 0.6) is 0 Å². The summed E-state index contributed by atoms with van der Waals surface area (Å²) in [5.74, 6) is 0. The van der Waals surface area contributed by atoms with Gasteiger partial charge in [-0.25, -0.2) is 0 Å². The largest absolute Gasteiger partial charge is 0.0785 e. The van der Waals surface area contributed by atoms with E-state index in [-0.39, 0.29) is 10.8 Å². The highest BCUT2D eigenvalue weighted by atomic mass is 14.3. The molecule has 0 heterocycles. The van der Waals surface area contributed by atoms with Crippen molar-refractivity contribution < 1.29 is 0 Å². The van der Waals surface area contributed by atoms with E-state index in [9.17, 15) is 0 Å². The van der Waals surface area contributed by atoms with Crippen molar-refractivity contribution in [3.8, 4) is 0 Å². The summed E-state index contributed by atoms with van der Waals surface area (Å²) in [6.45, 7) is 13.6. The zero-order chi connectivity index (χ0) is 19.7. The number of aryl methyl sites for hydroxylation is 1. The van der Waals surface area contributed by atoms with Crippen LogP contribution in [0.3, 0.4) is 0 Å². The molecule has 0 atom stereocenters. The normalized spacial score (nSPS) is 16.6. The maximum atomic E-state index is 2.40. The molecule has 2 aromatic carbocycles. The maximum Gasteiger partial charge on any atom is -0.00626 e. The number of allylic oxidation sites excluding steroid dienone is 4. The number of rotatable bonds is 3. The molecule has 0 unspecified atom stereocenters. The molecule has 1 aliphatic rings. The van der Waals surface area contributed by atoms with E-state index in [0.29, 0.717) is 0 Å². The van der Waals surface area contributed by atoms with Crippen molar-refractivity contribution in [3.05, 3.63) is 88.5 Å². The lowest BCUT2D eigenvalue weighted by atomic mass is 9.72. The van der Waals surface area contributed by atoms with Crippen molar-refractivity contribution in [1.82, 2.24) is 0 Å². The number of fused-ring (bicyclic) bond motifs is 1. The van der Waals surface area contributed by atoms with Crippen molar-refractivity contribution in [2.75, 3.05) is 0 Å². The molecule has 0 spiro atoms. The van der Waals surface area contributed by atoms with Gasteiger partial charge >= 0.3 is 0 Å². The molecule has 0 aromatic heterocycles. The molecule has 0 amide bonds. The fourth-order valence-electron chi connectivity index (χ4n) is 3.45. The van der Waals surface area contributed by atoms with Crippen LogP contribution in [-0.2, 0) is 5.41 Å². The number of hydrogen-bond donors (Lipinski definition) is 0. The van der Waals surface area contributed by atoms with Crippen molar-refractivity contribution in [2.24, 2.45) is 5.41 Å². The van der Waals surface area contributed by atoms with Gasteiger partial charge < -0.3 is 0 Å². The standard InChI is InChI=1S/C27H32/c1-20-7-9-21(10-8-20)11-12-22-13-14-25-24(19-22)23(15-17-26(2,3)4)16-18-27(25,5)6/h7-17,19H,18H2,1-6H3/b12-11+,17-15-. The van der Waals surface area contributed by atoms with Crippen LogP contribution in [0.4, 0.5) is 0 Å². The summed E-state index contributed by atoms with van der Waals surface area (Å²) in [6.07, 6.45) is 12.5. The van der Waals surface area contributed by atoms with Crippen LogP contribution in [0.15, 0.2) is 60.7 Å². The van der Waals surface area contributed by atoms with Gasteiger partial charge in [-0.1, -0.05) is 107 Å². The third-order valence-corrected chi connectivity index (χ3v) is 5.22. The van der Waals surface area contributed by atoms with Gasteiger partial charge in [-0.15, -0.1) is 0 Å². The Kier molecular flexibility index (Phi) is 5.29. The second-order valence-corrected chi connectivity index (χ2v) is 9.50. The summed E-state index contributed by atoms with van der Waals surface area (Å²) < 4.78 is 0. The minimum Gasteiger partial charge on any atom is -0.0785 e. The summed E-state index contributed by atoms with van der Waals surface area (Å²) in [7, 11) is 0. The first-order valence-corrected chi connectivity index (χ1v) is 9.93. The van der Waals surface area contributed by atoms with Crippen LogP contribution in [0.2, 0.25) is 0 Å². The van der Waals surface area contributed by atoms with Gasteiger partial charge in [0.1, 0.15) is 0 Å². The fourth-order valence-corrected chi connectivity index (χ4v) is 3.45. The second kappa shape index (κ2) is 7.35. The molecular formula is C27H32. The zero-order valence-corrected chi connectivity index (χ0v) is 17.6. The molecule has 0 aliphatic heterocycles. The number of hydrogen-bond acceptors (Lipinski definition) is 0. The molecule has 0 fully saturated rings. The van der Waals surface area contributed by atoms with E-state index in [1.165, 1.54) is 33.4 Å². The monoisotopic (exact) mass is 356 g/mol. The van der Waals surface area contributed by atoms with Crippen LogP contribution in [0.25, 0.3) is 17.7 Å². The third-order valence-electron chi connectivity index (χ3n) is 5.22. The first-order valence-electron chi connectivity index (χ1n) is 9.93. The quantitative estimate of drug-likeness (QED) is 0.491. The van der Waals surface area contributed by atoms with Crippen molar-refractivity contribution in [1.29, 1.82) is 0 Å². The van der Waals surface area contributed by atoms with Gasteiger partial charge in [-0.2, -0.15) is 0 Å². The average molecular weight is 357 g/mol. The molecule has 0 heteroatoms. The van der Waals surface area contributed by atoms with E-state index in [1.54, 1.807) is 0 Å². The lowest BCUT2D eigenvalue weighted by Crippen LogP contribution is -2.21. The van der Waals surface area contributed by atoms with Gasteiger partial charge in [-0.05, 0) is 58.1 Å². The Morgan fingerprint density at radius 3 is 2.15 bits per heavy atom. The highest BCUT2D eigenvalue weighted by molar-refractivity contribution is 5.81. The van der Waals surface area contributed by atoms with Gasteiger partial charge in [0.2, 0.25) is 0 Å². The molecule has 0 saturated carbocycles. The first-order chi connectivity index (χ1) is 12.6. The highest BCUT2D eigenvalue weighted by Crippen LogP contribution is 2.40. The summed E-state index contributed by atoms with van der Waals surface area (Å²) in [4.78, 5) is 0. The van der Waals surface area contributed by atoms with Gasteiger partial charge in [0, 0.05) is 0 Å². The van der Waals surface area contributed by atoms with Crippen LogP contribution >= 0.6 is 0 Å². The lowest BCUT2D eigenvalue weighted by Gasteiger charge is -2.32. The highest BCUT2D eigenvalue weighted by Gasteiger charge is 2.27. The smallest absolute Gasteiger partial charge is 0.00626 e. The van der Waals surface area contributed by atoms with Gasteiger partial charge in [0.25, 0.3) is 0 Å². The van der Waals surface area contributed by atoms with Crippen LogP contribution in [0, 0.1) is 12.3 Å². The van der Waals surface area contributed by atoms with E-state index >= 15 is 0 Å². The summed E-state index contributed by atoms with van der Waals surface area (Å²) >= 11 is 0. The van der Waals surface area contributed by atoms with Crippen LogP contribution in [0.1, 0.15) is 68.9 Å². The van der Waals surface area contributed by atoms with Gasteiger partial charge in [0.05, 0.1) is 0 Å². The van der Waals surface area contributed by atoms with E-state index < -0.39 is 0 Å². The first kappa shape index (κ1) is 19.4. The Hall–Kier alpha value is -2.34. The summed E-state index contributed by atoms with van der Waals surface area (Å²) in [5.41, 5.74) is 8.34. The van der Waals surface area contributed by atoms with Gasteiger partial charge in [-0.3, -0.25) is 0 Å². The molecule has 27 heavy (non-hydrogen) atoms. The van der Waals surface area contributed by atoms with Crippen LogP contribution in [-0.4, -0.2) is 0 Å². The maximum absolute atomic E-state index is 2.40. The van der Waals surface area contributed by atoms with Crippen LogP contribution < -0.4 is 0 Å². The minimum atomic E-state index is 0.188. The Morgan fingerprint density at radius 2 is 1.48 bits per heavy atom. The Bertz CT molecular complexity index is 894. The average Bonchev–Trinajstić information content (AvgIpc) is 2.59. The Labute approximate surface area is 165 Å². The third kappa shape index (κ3) is 4.89. The van der Waals surface area contributed by atoms with Gasteiger partial charge in [0.15, 0.2) is 0 Å². The molecular weight excluding hydrogens is 324 g/mol. The number of benzene rings is 2.